The summed E-state index contributed by atoms with van der Waals surface area (Å²) in [6, 6.07) is 20.8. The minimum atomic E-state index is -0.359. The van der Waals surface area contributed by atoms with Crippen molar-refractivity contribution >= 4 is 52.8 Å². The molecule has 3 atom stereocenters. The second kappa shape index (κ2) is 25.9. The number of esters is 3. The monoisotopic (exact) mass is 823 g/mol. The van der Waals surface area contributed by atoms with Crippen molar-refractivity contribution < 1.29 is 28.6 Å². The Labute approximate surface area is 357 Å². The molecule has 3 N–H and O–H groups in total. The van der Waals surface area contributed by atoms with E-state index in [2.05, 4.69) is 72.4 Å². The van der Waals surface area contributed by atoms with Crippen molar-refractivity contribution in [2.24, 2.45) is 17.8 Å². The maximum Gasteiger partial charge on any atom is 0.338 e. The highest BCUT2D eigenvalue weighted by Crippen LogP contribution is 2.24. The number of carbonyl (C=O) groups excluding carboxylic acids is 3. The van der Waals surface area contributed by atoms with Crippen molar-refractivity contribution in [3.05, 3.63) is 89.5 Å². The summed E-state index contributed by atoms with van der Waals surface area (Å²) in [6.45, 7) is 14.1. The summed E-state index contributed by atoms with van der Waals surface area (Å²) in [4.78, 5) is 52.3. The third kappa shape index (κ3) is 15.9. The first-order valence-corrected chi connectivity index (χ1v) is 22.1. The molecule has 0 aliphatic carbocycles. The molecule has 0 aliphatic rings. The number of unbranched alkanes of at least 4 members (excludes halogenated alkanes) is 3. The van der Waals surface area contributed by atoms with Gasteiger partial charge in [-0.1, -0.05) is 99.3 Å². The second-order valence-electron chi connectivity index (χ2n) is 15.5. The van der Waals surface area contributed by atoms with Gasteiger partial charge in [-0.05, 0) is 110 Å². The standard InChI is InChI=1S/C48H66N6O6/c1-7-13-16-34(10-4)31-58-43(55)37-19-25-40(26-20-37)49-46-52-47(50-41-27-21-38(22-28-41)44(56)59-32-35(11-5)17-14-8-2)54-48(53-46)51-42-29-23-39(24-30-42)45(57)60-33-36(12-6)18-15-9-3/h19-30,34-36H,7-18,31-33H2,1-6H3,(H3,49,50,51,52,53,54)/t34-,35-,36+/m0/s1. The highest BCUT2D eigenvalue weighted by Gasteiger charge is 2.16. The van der Waals surface area contributed by atoms with Crippen LogP contribution >= 0.6 is 0 Å². The van der Waals surface area contributed by atoms with E-state index in [9.17, 15) is 14.4 Å². The Balaban J connectivity index is 1.49. The number of nitrogens with zero attached hydrogens (tertiary/aromatic N) is 3. The number of ether oxygens (including phenoxy) is 3. The molecule has 0 fully saturated rings. The van der Waals surface area contributed by atoms with E-state index in [1.807, 2.05) is 0 Å². The van der Waals surface area contributed by atoms with Crippen molar-refractivity contribution in [1.82, 2.24) is 15.0 Å². The number of benzene rings is 3. The van der Waals surface area contributed by atoms with Gasteiger partial charge in [0.05, 0.1) is 36.5 Å². The van der Waals surface area contributed by atoms with E-state index < -0.39 is 0 Å². The minimum Gasteiger partial charge on any atom is -0.462 e. The van der Waals surface area contributed by atoms with E-state index in [0.29, 0.717) is 71.3 Å². The molecule has 3 aromatic carbocycles. The van der Waals surface area contributed by atoms with Crippen LogP contribution in [-0.2, 0) is 14.2 Å². The lowest BCUT2D eigenvalue weighted by Gasteiger charge is -2.15. The Morgan fingerprint density at radius 2 is 0.683 bits per heavy atom. The van der Waals surface area contributed by atoms with E-state index in [0.717, 1.165) is 77.0 Å². The van der Waals surface area contributed by atoms with Crippen LogP contribution in [0.15, 0.2) is 72.8 Å². The first-order chi connectivity index (χ1) is 29.2. The Kier molecular flexibility index (Phi) is 20.3. The fourth-order valence-electron chi connectivity index (χ4n) is 6.52. The zero-order valence-corrected chi connectivity index (χ0v) is 36.6. The molecule has 0 bridgehead atoms. The van der Waals surface area contributed by atoms with E-state index >= 15 is 0 Å². The van der Waals surface area contributed by atoms with Crippen LogP contribution in [0.3, 0.4) is 0 Å². The van der Waals surface area contributed by atoms with Crippen molar-refractivity contribution in [3.63, 3.8) is 0 Å². The molecule has 0 amide bonds. The maximum absolute atomic E-state index is 12.8. The summed E-state index contributed by atoms with van der Waals surface area (Å²) in [6.07, 6.45) is 12.7. The molecule has 0 unspecified atom stereocenters. The molecule has 4 rings (SSSR count). The predicted octanol–water partition coefficient (Wildman–Crippen LogP) is 12.2. The van der Waals surface area contributed by atoms with Gasteiger partial charge < -0.3 is 30.2 Å². The minimum absolute atomic E-state index is 0.231. The van der Waals surface area contributed by atoms with Gasteiger partial charge >= 0.3 is 17.9 Å². The summed E-state index contributed by atoms with van der Waals surface area (Å²) in [5.41, 5.74) is 3.30. The zero-order chi connectivity index (χ0) is 43.1. The Bertz CT molecular complexity index is 1660. The van der Waals surface area contributed by atoms with E-state index in [1.54, 1.807) is 72.8 Å². The maximum atomic E-state index is 12.8. The fraction of sp³-hybridized carbons (Fsp3) is 0.500. The number of aromatic nitrogens is 3. The number of hydrogen-bond acceptors (Lipinski definition) is 12. The Hall–Kier alpha value is -5.52. The lowest BCUT2D eigenvalue weighted by atomic mass is 10.0. The molecule has 60 heavy (non-hydrogen) atoms. The molecule has 1 aromatic heterocycles. The van der Waals surface area contributed by atoms with Crippen molar-refractivity contribution in [1.29, 1.82) is 0 Å². The number of rotatable bonds is 27. The summed E-state index contributed by atoms with van der Waals surface area (Å²) in [5, 5.41) is 9.65. The van der Waals surface area contributed by atoms with Gasteiger partial charge in [-0.3, -0.25) is 0 Å². The van der Waals surface area contributed by atoms with Crippen LogP contribution < -0.4 is 16.0 Å². The number of anilines is 6. The quantitative estimate of drug-likeness (QED) is 0.0387. The molecule has 0 aliphatic heterocycles. The molecular formula is C48H66N6O6. The Morgan fingerprint density at radius 3 is 0.900 bits per heavy atom. The summed E-state index contributed by atoms with van der Waals surface area (Å²) in [5.74, 6) is 0.674. The number of hydrogen-bond donors (Lipinski definition) is 3. The molecule has 12 nitrogen and oxygen atoms in total. The van der Waals surface area contributed by atoms with Crippen molar-refractivity contribution in [2.45, 2.75) is 119 Å². The average molecular weight is 823 g/mol. The molecular weight excluding hydrogens is 757 g/mol. The molecule has 0 radical (unpaired) electrons. The van der Waals surface area contributed by atoms with E-state index in [1.165, 1.54) is 0 Å². The highest BCUT2D eigenvalue weighted by molar-refractivity contribution is 5.91. The third-order valence-electron chi connectivity index (χ3n) is 10.7. The fourth-order valence-corrected chi connectivity index (χ4v) is 6.52. The average Bonchev–Trinajstić information content (AvgIpc) is 3.27. The van der Waals surface area contributed by atoms with Crippen LogP contribution in [0.1, 0.15) is 150 Å². The predicted molar refractivity (Wildman–Crippen MR) is 240 cm³/mol. The van der Waals surface area contributed by atoms with Crippen LogP contribution in [0.5, 0.6) is 0 Å². The number of carbonyl (C=O) groups is 3. The van der Waals surface area contributed by atoms with Gasteiger partial charge in [0, 0.05) is 17.1 Å². The van der Waals surface area contributed by atoms with Crippen molar-refractivity contribution in [2.75, 3.05) is 35.8 Å². The van der Waals surface area contributed by atoms with Crippen LogP contribution in [-0.4, -0.2) is 52.7 Å². The van der Waals surface area contributed by atoms with Gasteiger partial charge in [0.25, 0.3) is 0 Å². The van der Waals surface area contributed by atoms with Gasteiger partial charge in [0.15, 0.2) is 0 Å². The largest absolute Gasteiger partial charge is 0.462 e. The van der Waals surface area contributed by atoms with E-state index in [-0.39, 0.29) is 35.8 Å². The normalized spacial score (nSPS) is 12.5. The van der Waals surface area contributed by atoms with Gasteiger partial charge in [0.2, 0.25) is 17.8 Å². The summed E-state index contributed by atoms with van der Waals surface area (Å²) >= 11 is 0. The smallest absolute Gasteiger partial charge is 0.338 e. The van der Waals surface area contributed by atoms with Gasteiger partial charge in [-0.25, -0.2) is 14.4 Å². The lowest BCUT2D eigenvalue weighted by molar-refractivity contribution is 0.0419. The molecule has 12 heteroatoms. The van der Waals surface area contributed by atoms with Crippen LogP contribution in [0.25, 0.3) is 0 Å². The van der Waals surface area contributed by atoms with Crippen molar-refractivity contribution in [3.8, 4) is 0 Å². The summed E-state index contributed by atoms with van der Waals surface area (Å²) in [7, 11) is 0. The molecule has 1 heterocycles. The second-order valence-corrected chi connectivity index (χ2v) is 15.5. The number of nitrogens with one attached hydrogen (secondary N) is 3. The Morgan fingerprint density at radius 1 is 0.433 bits per heavy atom. The topological polar surface area (TPSA) is 154 Å². The molecule has 0 spiro atoms. The first-order valence-electron chi connectivity index (χ1n) is 22.1. The van der Waals surface area contributed by atoms with E-state index in [4.69, 9.17) is 14.2 Å². The van der Waals surface area contributed by atoms with Crippen LogP contribution in [0.4, 0.5) is 34.9 Å². The van der Waals surface area contributed by atoms with Crippen LogP contribution in [0.2, 0.25) is 0 Å². The molecule has 0 saturated heterocycles. The first kappa shape index (κ1) is 47.2. The third-order valence-corrected chi connectivity index (χ3v) is 10.7. The zero-order valence-electron chi connectivity index (χ0n) is 36.6. The highest BCUT2D eigenvalue weighted by atomic mass is 16.5. The van der Waals surface area contributed by atoms with Gasteiger partial charge in [-0.2, -0.15) is 15.0 Å². The van der Waals surface area contributed by atoms with Crippen LogP contribution in [0, 0.1) is 17.8 Å². The molecule has 0 saturated carbocycles. The molecule has 324 valence electrons. The molecule has 4 aromatic rings. The lowest BCUT2D eigenvalue weighted by Crippen LogP contribution is -2.14. The SMILES string of the molecule is CCCC[C@@H](CC)COC(=O)c1ccc(Nc2nc(Nc3ccc(C(=O)OC[C@@H](CC)CCCC)cc3)nc(Nc3ccc(C(=O)OC[C@@H](CC)CCCC)cc3)n2)cc1. The van der Waals surface area contributed by atoms with Gasteiger partial charge in [0.1, 0.15) is 0 Å². The van der Waals surface area contributed by atoms with Gasteiger partial charge in [-0.15, -0.1) is 0 Å². The summed E-state index contributed by atoms with van der Waals surface area (Å²) < 4.78 is 16.9.